The number of carbonyl (C=O) groups is 1. The quantitative estimate of drug-likeness (QED) is 0.777. The third-order valence-corrected chi connectivity index (χ3v) is 5.14. The molecule has 0 bridgehead atoms. The molecule has 1 atom stereocenters. The fourth-order valence-electron chi connectivity index (χ4n) is 3.87. The Labute approximate surface area is 147 Å². The number of amides is 1. The van der Waals surface area contributed by atoms with Crippen LogP contribution in [0.15, 0.2) is 55.1 Å². The number of anilines is 1. The van der Waals surface area contributed by atoms with Crippen molar-refractivity contribution in [3.63, 3.8) is 0 Å². The zero-order chi connectivity index (χ0) is 16.7. The van der Waals surface area contributed by atoms with Crippen LogP contribution in [0.2, 0.25) is 5.02 Å². The number of carbonyl (C=O) groups excluding carboxylic acids is 1. The van der Waals surface area contributed by atoms with Gasteiger partial charge >= 0.3 is 0 Å². The molecule has 0 fully saturated rings. The zero-order valence-corrected chi connectivity index (χ0v) is 14.2. The molecule has 1 amide bonds. The minimum atomic E-state index is 0.0717. The standard InChI is InChI=1S/C20H19ClN2O/c1-2-10-23-18-8-7-15(21)12-17(18)20-16-6-4-3-5-14(16)9-11-22(20)13-19(23)24/h2-8,12,20H,1,9-11,13H2. The van der Waals surface area contributed by atoms with E-state index in [2.05, 4.69) is 35.7 Å². The van der Waals surface area contributed by atoms with Crippen molar-refractivity contribution >= 4 is 23.2 Å². The number of hydrogen-bond donors (Lipinski definition) is 0. The van der Waals surface area contributed by atoms with E-state index in [0.717, 1.165) is 24.2 Å². The highest BCUT2D eigenvalue weighted by Gasteiger charge is 2.36. The smallest absolute Gasteiger partial charge is 0.241 e. The second-order valence-corrected chi connectivity index (χ2v) is 6.75. The van der Waals surface area contributed by atoms with Gasteiger partial charge in [-0.15, -0.1) is 6.58 Å². The van der Waals surface area contributed by atoms with Gasteiger partial charge < -0.3 is 4.90 Å². The first kappa shape index (κ1) is 15.4. The molecule has 0 saturated heterocycles. The van der Waals surface area contributed by atoms with E-state index in [-0.39, 0.29) is 11.9 Å². The highest BCUT2D eigenvalue weighted by Crippen LogP contribution is 2.42. The monoisotopic (exact) mass is 338 g/mol. The van der Waals surface area contributed by atoms with Crippen molar-refractivity contribution in [2.75, 3.05) is 24.5 Å². The van der Waals surface area contributed by atoms with E-state index in [0.29, 0.717) is 18.1 Å². The Kier molecular flexibility index (Phi) is 3.91. The van der Waals surface area contributed by atoms with Crippen LogP contribution in [0.1, 0.15) is 22.7 Å². The summed E-state index contributed by atoms with van der Waals surface area (Å²) in [6, 6.07) is 14.4. The molecule has 122 valence electrons. The SMILES string of the molecule is C=CCN1C(=O)CN2CCc3ccccc3C2c2cc(Cl)ccc21. The van der Waals surface area contributed by atoms with Gasteiger partial charge in [-0.1, -0.05) is 41.9 Å². The summed E-state index contributed by atoms with van der Waals surface area (Å²) in [5, 5.41) is 0.699. The predicted octanol–water partition coefficient (Wildman–Crippen LogP) is 3.82. The van der Waals surface area contributed by atoms with Crippen LogP contribution in [0.4, 0.5) is 5.69 Å². The molecule has 0 saturated carbocycles. The zero-order valence-electron chi connectivity index (χ0n) is 13.4. The van der Waals surface area contributed by atoms with Gasteiger partial charge in [0.25, 0.3) is 0 Å². The summed E-state index contributed by atoms with van der Waals surface area (Å²) in [6.07, 6.45) is 2.74. The summed E-state index contributed by atoms with van der Waals surface area (Å²) in [5.41, 5.74) is 4.67. The lowest BCUT2D eigenvalue weighted by Gasteiger charge is -2.36. The Bertz CT molecular complexity index is 817. The Balaban J connectivity index is 1.94. The van der Waals surface area contributed by atoms with Gasteiger partial charge in [-0.05, 0) is 41.3 Å². The molecule has 2 aromatic rings. The van der Waals surface area contributed by atoms with Gasteiger partial charge in [0.2, 0.25) is 5.91 Å². The molecule has 4 heteroatoms. The van der Waals surface area contributed by atoms with E-state index in [1.807, 2.05) is 23.1 Å². The van der Waals surface area contributed by atoms with Crippen molar-refractivity contribution in [1.29, 1.82) is 0 Å². The highest BCUT2D eigenvalue weighted by atomic mass is 35.5. The fourth-order valence-corrected chi connectivity index (χ4v) is 4.05. The van der Waals surface area contributed by atoms with E-state index in [9.17, 15) is 4.79 Å². The third kappa shape index (κ3) is 2.45. The van der Waals surface area contributed by atoms with Crippen LogP contribution in [0.5, 0.6) is 0 Å². The molecular weight excluding hydrogens is 320 g/mol. The fraction of sp³-hybridized carbons (Fsp3) is 0.250. The maximum Gasteiger partial charge on any atom is 0.241 e. The number of benzene rings is 2. The summed E-state index contributed by atoms with van der Waals surface area (Å²) < 4.78 is 0. The molecule has 24 heavy (non-hydrogen) atoms. The Morgan fingerprint density at radius 1 is 1.21 bits per heavy atom. The molecule has 2 aliphatic heterocycles. The second-order valence-electron chi connectivity index (χ2n) is 6.32. The van der Waals surface area contributed by atoms with Crippen LogP contribution in [0.25, 0.3) is 0 Å². The van der Waals surface area contributed by atoms with Gasteiger partial charge in [-0.2, -0.15) is 0 Å². The van der Waals surface area contributed by atoms with Gasteiger partial charge in [-0.25, -0.2) is 0 Å². The summed E-state index contributed by atoms with van der Waals surface area (Å²) in [4.78, 5) is 16.9. The van der Waals surface area contributed by atoms with E-state index in [1.165, 1.54) is 11.1 Å². The lowest BCUT2D eigenvalue weighted by molar-refractivity contribution is -0.119. The van der Waals surface area contributed by atoms with Crippen molar-refractivity contribution in [3.05, 3.63) is 76.8 Å². The summed E-state index contributed by atoms with van der Waals surface area (Å²) in [6.45, 7) is 5.61. The molecule has 2 aromatic carbocycles. The number of nitrogens with zero attached hydrogens (tertiary/aromatic N) is 2. The lowest BCUT2D eigenvalue weighted by Crippen LogP contribution is -2.41. The molecule has 2 heterocycles. The Morgan fingerprint density at radius 3 is 2.88 bits per heavy atom. The first-order valence-electron chi connectivity index (χ1n) is 8.21. The van der Waals surface area contributed by atoms with Crippen LogP contribution in [0, 0.1) is 0 Å². The van der Waals surface area contributed by atoms with Gasteiger partial charge in [0, 0.05) is 23.8 Å². The topological polar surface area (TPSA) is 23.6 Å². The molecule has 0 spiro atoms. The third-order valence-electron chi connectivity index (χ3n) is 4.91. The van der Waals surface area contributed by atoms with E-state index < -0.39 is 0 Å². The van der Waals surface area contributed by atoms with Crippen LogP contribution < -0.4 is 4.90 Å². The van der Waals surface area contributed by atoms with E-state index in [1.54, 1.807) is 6.08 Å². The molecule has 3 nitrogen and oxygen atoms in total. The van der Waals surface area contributed by atoms with E-state index >= 15 is 0 Å². The van der Waals surface area contributed by atoms with Gasteiger partial charge in [-0.3, -0.25) is 9.69 Å². The Morgan fingerprint density at radius 2 is 2.04 bits per heavy atom. The number of rotatable bonds is 2. The normalized spacial score (nSPS) is 20.0. The van der Waals surface area contributed by atoms with Crippen molar-refractivity contribution in [2.45, 2.75) is 12.5 Å². The van der Waals surface area contributed by atoms with Crippen LogP contribution >= 0.6 is 11.6 Å². The summed E-state index contributed by atoms with van der Waals surface area (Å²) in [7, 11) is 0. The average Bonchev–Trinajstić information content (AvgIpc) is 2.70. The van der Waals surface area contributed by atoms with Gasteiger partial charge in [0.1, 0.15) is 0 Å². The largest absolute Gasteiger partial charge is 0.307 e. The maximum atomic E-state index is 12.8. The highest BCUT2D eigenvalue weighted by molar-refractivity contribution is 6.30. The molecular formula is C20H19ClN2O. The van der Waals surface area contributed by atoms with Crippen molar-refractivity contribution in [2.24, 2.45) is 0 Å². The predicted molar refractivity (Wildman–Crippen MR) is 97.6 cm³/mol. The molecule has 1 unspecified atom stereocenters. The average molecular weight is 339 g/mol. The molecule has 0 aliphatic carbocycles. The van der Waals surface area contributed by atoms with Crippen molar-refractivity contribution in [1.82, 2.24) is 4.90 Å². The molecule has 0 radical (unpaired) electrons. The summed E-state index contributed by atoms with van der Waals surface area (Å²) in [5.74, 6) is 0.111. The van der Waals surface area contributed by atoms with Crippen molar-refractivity contribution in [3.8, 4) is 0 Å². The minimum Gasteiger partial charge on any atom is -0.307 e. The van der Waals surface area contributed by atoms with Gasteiger partial charge in [0.05, 0.1) is 12.6 Å². The minimum absolute atomic E-state index is 0.0717. The second kappa shape index (κ2) is 6.08. The first-order chi connectivity index (χ1) is 11.7. The molecule has 2 aliphatic rings. The number of hydrogen-bond acceptors (Lipinski definition) is 2. The number of fused-ring (bicyclic) bond motifs is 5. The Hall–Kier alpha value is -2.10. The lowest BCUT2D eigenvalue weighted by atomic mass is 9.88. The van der Waals surface area contributed by atoms with Crippen molar-refractivity contribution < 1.29 is 4.79 Å². The van der Waals surface area contributed by atoms with Crippen LogP contribution in [-0.4, -0.2) is 30.4 Å². The first-order valence-corrected chi connectivity index (χ1v) is 8.59. The van der Waals surface area contributed by atoms with Crippen LogP contribution in [0.3, 0.4) is 0 Å². The number of halogens is 1. The van der Waals surface area contributed by atoms with Gasteiger partial charge in [0.15, 0.2) is 0 Å². The maximum absolute atomic E-state index is 12.8. The summed E-state index contributed by atoms with van der Waals surface area (Å²) >= 11 is 6.31. The van der Waals surface area contributed by atoms with Crippen LogP contribution in [-0.2, 0) is 11.2 Å². The molecule has 0 aromatic heterocycles. The molecule has 0 N–H and O–H groups in total. The molecule has 4 rings (SSSR count). The van der Waals surface area contributed by atoms with E-state index in [4.69, 9.17) is 11.6 Å².